The van der Waals surface area contributed by atoms with E-state index in [1.165, 1.54) is 11.1 Å². The van der Waals surface area contributed by atoms with Crippen molar-refractivity contribution in [1.29, 1.82) is 0 Å². The largest absolute Gasteiger partial charge is 0.452 e. The van der Waals surface area contributed by atoms with E-state index in [4.69, 9.17) is 9.47 Å². The molecule has 3 heterocycles. The zero-order chi connectivity index (χ0) is 19.4. The molecular weight excluding hydrogens is 372 g/mol. The molecule has 27 heavy (non-hydrogen) atoms. The highest BCUT2D eigenvalue weighted by Gasteiger charge is 2.36. The van der Waals surface area contributed by atoms with E-state index < -0.39 is 34.4 Å². The fourth-order valence-corrected chi connectivity index (χ4v) is 5.10. The number of hydrogen-bond donors (Lipinski definition) is 0. The number of pyridine rings is 1. The summed E-state index contributed by atoms with van der Waals surface area (Å²) in [7, 11) is -3.14. The molecule has 2 atom stereocenters. The van der Waals surface area contributed by atoms with Gasteiger partial charge in [-0.1, -0.05) is 0 Å². The van der Waals surface area contributed by atoms with E-state index in [1.54, 1.807) is 19.1 Å². The third-order valence-corrected chi connectivity index (χ3v) is 6.62. The van der Waals surface area contributed by atoms with E-state index >= 15 is 0 Å². The molecule has 0 spiro atoms. The van der Waals surface area contributed by atoms with E-state index in [2.05, 4.69) is 4.98 Å². The lowest BCUT2D eigenvalue weighted by Gasteiger charge is -2.30. The van der Waals surface area contributed by atoms with Crippen LogP contribution in [0.15, 0.2) is 18.3 Å². The topological polar surface area (TPSA) is 103 Å². The summed E-state index contributed by atoms with van der Waals surface area (Å²) in [4.78, 5) is 30.3. The van der Waals surface area contributed by atoms with Crippen molar-refractivity contribution >= 4 is 21.7 Å². The Morgan fingerprint density at radius 2 is 2.15 bits per heavy atom. The molecule has 0 aliphatic carbocycles. The molecule has 2 saturated heterocycles. The van der Waals surface area contributed by atoms with Crippen LogP contribution in [0, 0.1) is 6.92 Å². The number of carbonyl (C=O) groups excluding carboxylic acids is 2. The first-order valence-electron chi connectivity index (χ1n) is 9.05. The SMILES string of the molecule is Cc1ccc(C(=O)OCC(=O)N(C[C@H]2CCCO2)[C@@H]2CCS(=O)(=O)C2)cn1. The third kappa shape index (κ3) is 5.26. The second kappa shape index (κ2) is 8.35. The van der Waals surface area contributed by atoms with Crippen LogP contribution >= 0.6 is 0 Å². The Bertz CT molecular complexity index is 787. The minimum atomic E-state index is -3.14. The first-order chi connectivity index (χ1) is 12.8. The van der Waals surface area contributed by atoms with Crippen molar-refractivity contribution in [3.8, 4) is 0 Å². The Hall–Kier alpha value is -2.00. The number of sulfone groups is 1. The van der Waals surface area contributed by atoms with Gasteiger partial charge in [0.05, 0.1) is 23.2 Å². The number of hydrogen-bond acceptors (Lipinski definition) is 7. The summed E-state index contributed by atoms with van der Waals surface area (Å²) in [5, 5.41) is 0. The van der Waals surface area contributed by atoms with Crippen molar-refractivity contribution in [3.63, 3.8) is 0 Å². The van der Waals surface area contributed by atoms with Crippen LogP contribution in [0.4, 0.5) is 0 Å². The molecule has 2 aliphatic rings. The highest BCUT2D eigenvalue weighted by Crippen LogP contribution is 2.21. The van der Waals surface area contributed by atoms with Crippen LogP contribution in [0.2, 0.25) is 0 Å². The van der Waals surface area contributed by atoms with Gasteiger partial charge in [0.15, 0.2) is 16.4 Å². The lowest BCUT2D eigenvalue weighted by molar-refractivity contribution is -0.138. The summed E-state index contributed by atoms with van der Waals surface area (Å²) in [6, 6.07) is 2.88. The zero-order valence-electron chi connectivity index (χ0n) is 15.3. The maximum Gasteiger partial charge on any atom is 0.340 e. The Morgan fingerprint density at radius 1 is 1.33 bits per heavy atom. The van der Waals surface area contributed by atoms with Crippen molar-refractivity contribution in [2.75, 3.05) is 31.3 Å². The van der Waals surface area contributed by atoms with E-state index in [1.807, 2.05) is 0 Å². The molecule has 0 N–H and O–H groups in total. The van der Waals surface area contributed by atoms with Crippen molar-refractivity contribution < 1.29 is 27.5 Å². The van der Waals surface area contributed by atoms with Gasteiger partial charge in [-0.15, -0.1) is 0 Å². The minimum absolute atomic E-state index is 0.0543. The van der Waals surface area contributed by atoms with E-state index in [0.717, 1.165) is 18.5 Å². The Balaban J connectivity index is 1.63. The molecule has 0 bridgehead atoms. The second-order valence-corrected chi connectivity index (χ2v) is 9.23. The molecule has 0 unspecified atom stereocenters. The molecule has 0 radical (unpaired) electrons. The smallest absolute Gasteiger partial charge is 0.340 e. The summed E-state index contributed by atoms with van der Waals surface area (Å²) in [5.74, 6) is -1.02. The number of nitrogens with zero attached hydrogens (tertiary/aromatic N) is 2. The average Bonchev–Trinajstić information content (AvgIpc) is 3.27. The van der Waals surface area contributed by atoms with Gasteiger partial charge in [-0.3, -0.25) is 9.78 Å². The lowest BCUT2D eigenvalue weighted by Crippen LogP contribution is -2.47. The molecule has 148 valence electrons. The maximum absolute atomic E-state index is 12.7. The van der Waals surface area contributed by atoms with Crippen molar-refractivity contribution in [3.05, 3.63) is 29.6 Å². The predicted octanol–water partition coefficient (Wildman–Crippen LogP) is 0.742. The molecular formula is C18H24N2O6S. The fraction of sp³-hybridized carbons (Fsp3) is 0.611. The average molecular weight is 396 g/mol. The summed E-state index contributed by atoms with van der Waals surface area (Å²) >= 11 is 0. The molecule has 8 nitrogen and oxygen atoms in total. The van der Waals surface area contributed by atoms with Gasteiger partial charge in [-0.25, -0.2) is 13.2 Å². The predicted molar refractivity (Wildman–Crippen MR) is 97.0 cm³/mol. The van der Waals surface area contributed by atoms with Gasteiger partial charge < -0.3 is 14.4 Å². The van der Waals surface area contributed by atoms with Gasteiger partial charge in [-0.2, -0.15) is 0 Å². The Morgan fingerprint density at radius 3 is 2.74 bits per heavy atom. The number of amides is 1. The minimum Gasteiger partial charge on any atom is -0.452 e. The number of aromatic nitrogens is 1. The van der Waals surface area contributed by atoms with Gasteiger partial charge in [0.2, 0.25) is 0 Å². The molecule has 1 aromatic heterocycles. The van der Waals surface area contributed by atoms with Crippen LogP contribution in [0.1, 0.15) is 35.3 Å². The van der Waals surface area contributed by atoms with Crippen LogP contribution in [0.5, 0.6) is 0 Å². The normalized spacial score (nSPS) is 23.9. The van der Waals surface area contributed by atoms with E-state index in [-0.39, 0.29) is 23.2 Å². The quantitative estimate of drug-likeness (QED) is 0.654. The summed E-state index contributed by atoms with van der Waals surface area (Å²) in [5.41, 5.74) is 1.04. The summed E-state index contributed by atoms with van der Waals surface area (Å²) in [6.45, 7) is 2.33. The number of carbonyl (C=O) groups is 2. The van der Waals surface area contributed by atoms with Crippen LogP contribution in [-0.2, 0) is 24.1 Å². The van der Waals surface area contributed by atoms with Crippen LogP contribution in [0.3, 0.4) is 0 Å². The van der Waals surface area contributed by atoms with Crippen molar-refractivity contribution in [2.24, 2.45) is 0 Å². The summed E-state index contributed by atoms with van der Waals surface area (Å²) in [6.07, 6.45) is 3.45. The summed E-state index contributed by atoms with van der Waals surface area (Å²) < 4.78 is 34.4. The van der Waals surface area contributed by atoms with Gasteiger partial charge in [-0.05, 0) is 38.3 Å². The number of rotatable bonds is 6. The van der Waals surface area contributed by atoms with Crippen LogP contribution in [-0.4, -0.2) is 73.6 Å². The van der Waals surface area contributed by atoms with Crippen molar-refractivity contribution in [2.45, 2.75) is 38.3 Å². The van der Waals surface area contributed by atoms with Gasteiger partial charge in [0.1, 0.15) is 0 Å². The molecule has 1 amide bonds. The number of aryl methyl sites for hydroxylation is 1. The van der Waals surface area contributed by atoms with Crippen molar-refractivity contribution in [1.82, 2.24) is 9.88 Å². The molecule has 3 rings (SSSR count). The maximum atomic E-state index is 12.7. The highest BCUT2D eigenvalue weighted by molar-refractivity contribution is 7.91. The molecule has 1 aromatic rings. The molecule has 2 fully saturated rings. The zero-order valence-corrected chi connectivity index (χ0v) is 16.1. The molecule has 0 aromatic carbocycles. The highest BCUT2D eigenvalue weighted by atomic mass is 32.2. The second-order valence-electron chi connectivity index (χ2n) is 7.00. The van der Waals surface area contributed by atoms with Crippen LogP contribution in [0.25, 0.3) is 0 Å². The molecule has 0 saturated carbocycles. The first-order valence-corrected chi connectivity index (χ1v) is 10.9. The molecule has 9 heteroatoms. The number of ether oxygens (including phenoxy) is 2. The van der Waals surface area contributed by atoms with Gasteiger partial charge >= 0.3 is 5.97 Å². The lowest BCUT2D eigenvalue weighted by atomic mass is 10.1. The number of esters is 1. The Kier molecular flexibility index (Phi) is 6.11. The monoisotopic (exact) mass is 396 g/mol. The first kappa shape index (κ1) is 19.8. The molecule has 2 aliphatic heterocycles. The fourth-order valence-electron chi connectivity index (χ4n) is 3.37. The van der Waals surface area contributed by atoms with Gasteiger partial charge in [0.25, 0.3) is 5.91 Å². The van der Waals surface area contributed by atoms with Crippen LogP contribution < -0.4 is 0 Å². The van der Waals surface area contributed by atoms with Gasteiger partial charge in [0, 0.05) is 31.1 Å². The third-order valence-electron chi connectivity index (χ3n) is 4.87. The Labute approximate surface area is 158 Å². The van der Waals surface area contributed by atoms with E-state index in [9.17, 15) is 18.0 Å². The standard InChI is InChI=1S/C18H24N2O6S/c1-13-4-5-14(9-19-13)18(22)26-11-17(21)20(10-16-3-2-7-25-16)15-6-8-27(23,24)12-15/h4-5,9,15-16H,2-3,6-8,10-12H2,1H3/t15-,16-/m1/s1. The van der Waals surface area contributed by atoms with E-state index in [0.29, 0.717) is 19.6 Å².